The number of hydrogen-bond acceptors (Lipinski definition) is 3. The highest BCUT2D eigenvalue weighted by molar-refractivity contribution is 6.03. The molecule has 4 rings (SSSR count). The second-order valence-electron chi connectivity index (χ2n) is 5.33. The first kappa shape index (κ1) is 12.1. The number of likely N-dealkylation sites (N-methyl/N-ethyl adjacent to an activating group) is 1. The second kappa shape index (κ2) is 4.15. The smallest absolute Gasteiger partial charge is 0.231 e. The molecule has 0 saturated carbocycles. The Hall–Kier alpha value is -2.69. The normalized spacial score (nSPS) is 14.0. The van der Waals surface area contributed by atoms with Gasteiger partial charge in [-0.15, -0.1) is 0 Å². The number of fused-ring (bicyclic) bond motifs is 2. The molecule has 1 aliphatic rings. The topological polar surface area (TPSA) is 51.0 Å². The lowest BCUT2D eigenvalue weighted by molar-refractivity contribution is -0.117. The van der Waals surface area contributed by atoms with Crippen LogP contribution in [0.4, 0.5) is 5.69 Å². The monoisotopic (exact) mass is 278 g/mol. The van der Waals surface area contributed by atoms with Crippen LogP contribution in [0, 0.1) is 0 Å². The van der Waals surface area contributed by atoms with Gasteiger partial charge in [-0.3, -0.25) is 9.78 Å². The summed E-state index contributed by atoms with van der Waals surface area (Å²) < 4.78 is 2.06. The Morgan fingerprint density at radius 3 is 2.67 bits per heavy atom. The van der Waals surface area contributed by atoms with Gasteiger partial charge < -0.3 is 9.47 Å². The van der Waals surface area contributed by atoms with Crippen molar-refractivity contribution in [2.24, 2.45) is 7.05 Å². The van der Waals surface area contributed by atoms with Gasteiger partial charge in [-0.1, -0.05) is 0 Å². The van der Waals surface area contributed by atoms with E-state index in [1.165, 1.54) is 0 Å². The Morgan fingerprint density at radius 1 is 1.14 bits per heavy atom. The summed E-state index contributed by atoms with van der Waals surface area (Å²) in [5.74, 6) is 1.04. The van der Waals surface area contributed by atoms with E-state index in [0.717, 1.165) is 33.7 Å². The molecule has 2 aromatic heterocycles. The van der Waals surface area contributed by atoms with Crippen LogP contribution in [0.5, 0.6) is 0 Å². The third-order valence-corrected chi connectivity index (χ3v) is 4.10. The van der Waals surface area contributed by atoms with Crippen molar-refractivity contribution in [3.63, 3.8) is 0 Å². The summed E-state index contributed by atoms with van der Waals surface area (Å²) in [5, 5.41) is 0. The van der Waals surface area contributed by atoms with Gasteiger partial charge >= 0.3 is 0 Å². The molecule has 21 heavy (non-hydrogen) atoms. The average Bonchev–Trinajstić information content (AvgIpc) is 2.96. The fourth-order valence-electron chi connectivity index (χ4n) is 2.90. The number of aromatic nitrogens is 3. The average molecular weight is 278 g/mol. The number of imidazole rings is 1. The van der Waals surface area contributed by atoms with E-state index in [9.17, 15) is 4.79 Å². The van der Waals surface area contributed by atoms with Crippen LogP contribution in [0.3, 0.4) is 0 Å². The maximum atomic E-state index is 11.8. The minimum atomic E-state index is 0.134. The molecule has 0 atom stereocenters. The Kier molecular flexibility index (Phi) is 2.39. The van der Waals surface area contributed by atoms with E-state index in [-0.39, 0.29) is 5.91 Å². The molecule has 3 aromatic rings. The van der Waals surface area contributed by atoms with Crippen LogP contribution in [0.1, 0.15) is 5.56 Å². The van der Waals surface area contributed by atoms with Gasteiger partial charge in [-0.25, -0.2) is 4.98 Å². The molecule has 0 saturated heterocycles. The predicted molar refractivity (Wildman–Crippen MR) is 81.1 cm³/mol. The van der Waals surface area contributed by atoms with Crippen molar-refractivity contribution in [1.29, 1.82) is 0 Å². The summed E-state index contributed by atoms with van der Waals surface area (Å²) in [4.78, 5) is 22.3. The van der Waals surface area contributed by atoms with Gasteiger partial charge in [-0.05, 0) is 29.8 Å². The summed E-state index contributed by atoms with van der Waals surface area (Å²) in [6.45, 7) is 0. The minimum absolute atomic E-state index is 0.134. The lowest BCUT2D eigenvalue weighted by atomic mass is 10.1. The van der Waals surface area contributed by atoms with Gasteiger partial charge in [-0.2, -0.15) is 0 Å². The van der Waals surface area contributed by atoms with Gasteiger partial charge in [0.15, 0.2) is 0 Å². The van der Waals surface area contributed by atoms with Crippen molar-refractivity contribution >= 4 is 22.6 Å². The zero-order valence-electron chi connectivity index (χ0n) is 11.9. The van der Waals surface area contributed by atoms with E-state index < -0.39 is 0 Å². The molecule has 0 spiro atoms. The lowest BCUT2D eigenvalue weighted by Gasteiger charge is -2.10. The predicted octanol–water partition coefficient (Wildman–Crippen LogP) is 2.15. The standard InChI is InChI=1S/C16H14N4O/c1-19-13-9-14-12(7-11(13)8-15(19)21)18-16(20(14)2)10-3-5-17-6-4-10/h3-7,9H,8H2,1-2H3. The van der Waals surface area contributed by atoms with Crippen LogP contribution < -0.4 is 4.90 Å². The molecule has 0 fully saturated rings. The number of carbonyl (C=O) groups is 1. The molecule has 0 aliphatic carbocycles. The highest BCUT2D eigenvalue weighted by atomic mass is 16.2. The first-order chi connectivity index (χ1) is 10.1. The van der Waals surface area contributed by atoms with E-state index in [0.29, 0.717) is 6.42 Å². The Bertz CT molecular complexity index is 867. The molecule has 0 N–H and O–H groups in total. The van der Waals surface area contributed by atoms with Crippen molar-refractivity contribution in [1.82, 2.24) is 14.5 Å². The van der Waals surface area contributed by atoms with E-state index >= 15 is 0 Å². The SMILES string of the molecule is CN1C(=O)Cc2cc3nc(-c4ccncc4)n(C)c3cc21. The molecule has 3 heterocycles. The third kappa shape index (κ3) is 1.67. The zero-order valence-corrected chi connectivity index (χ0v) is 11.9. The van der Waals surface area contributed by atoms with Gasteiger partial charge in [0.05, 0.1) is 17.5 Å². The van der Waals surface area contributed by atoms with E-state index in [4.69, 9.17) is 4.98 Å². The van der Waals surface area contributed by atoms with Crippen molar-refractivity contribution in [2.75, 3.05) is 11.9 Å². The summed E-state index contributed by atoms with van der Waals surface area (Å²) in [5.41, 5.74) is 5.02. The number of amides is 1. The molecule has 0 unspecified atom stereocenters. The van der Waals surface area contributed by atoms with Crippen LogP contribution >= 0.6 is 0 Å². The lowest BCUT2D eigenvalue weighted by Crippen LogP contribution is -2.20. The molecule has 0 radical (unpaired) electrons. The number of rotatable bonds is 1. The van der Waals surface area contributed by atoms with Crippen molar-refractivity contribution in [2.45, 2.75) is 6.42 Å². The highest BCUT2D eigenvalue weighted by Crippen LogP contribution is 2.33. The highest BCUT2D eigenvalue weighted by Gasteiger charge is 2.25. The third-order valence-electron chi connectivity index (χ3n) is 4.10. The number of carbonyl (C=O) groups excluding carboxylic acids is 1. The zero-order chi connectivity index (χ0) is 14.6. The molecule has 1 aromatic carbocycles. The molecule has 0 bridgehead atoms. The summed E-state index contributed by atoms with van der Waals surface area (Å²) in [6, 6.07) is 7.97. The van der Waals surface area contributed by atoms with Crippen LogP contribution in [0.25, 0.3) is 22.4 Å². The molecular formula is C16H14N4O. The van der Waals surface area contributed by atoms with Crippen LogP contribution in [-0.2, 0) is 18.3 Å². The van der Waals surface area contributed by atoms with Crippen LogP contribution in [0.2, 0.25) is 0 Å². The molecule has 1 aliphatic heterocycles. The number of hydrogen-bond donors (Lipinski definition) is 0. The van der Waals surface area contributed by atoms with Gasteiger partial charge in [0, 0.05) is 37.7 Å². The van der Waals surface area contributed by atoms with Gasteiger partial charge in [0.25, 0.3) is 0 Å². The Morgan fingerprint density at radius 2 is 1.90 bits per heavy atom. The van der Waals surface area contributed by atoms with Crippen molar-refractivity contribution in [3.8, 4) is 11.4 Å². The summed E-state index contributed by atoms with van der Waals surface area (Å²) in [7, 11) is 3.81. The quantitative estimate of drug-likeness (QED) is 0.685. The fourth-order valence-corrected chi connectivity index (χ4v) is 2.90. The maximum absolute atomic E-state index is 11.8. The van der Waals surface area contributed by atoms with Gasteiger partial charge in [0.2, 0.25) is 5.91 Å². The Balaban J connectivity index is 1.95. The van der Waals surface area contributed by atoms with Crippen molar-refractivity contribution in [3.05, 3.63) is 42.2 Å². The molecule has 1 amide bonds. The largest absolute Gasteiger partial charge is 0.327 e. The van der Waals surface area contributed by atoms with Crippen LogP contribution in [0.15, 0.2) is 36.7 Å². The number of anilines is 1. The van der Waals surface area contributed by atoms with Crippen molar-refractivity contribution < 1.29 is 4.79 Å². The summed E-state index contributed by atoms with van der Waals surface area (Å²) in [6.07, 6.45) is 3.99. The summed E-state index contributed by atoms with van der Waals surface area (Å²) >= 11 is 0. The number of nitrogens with zero attached hydrogens (tertiary/aromatic N) is 4. The molecule has 5 nitrogen and oxygen atoms in total. The van der Waals surface area contributed by atoms with E-state index in [1.807, 2.05) is 38.4 Å². The fraction of sp³-hybridized carbons (Fsp3) is 0.188. The first-order valence-electron chi connectivity index (χ1n) is 6.81. The first-order valence-corrected chi connectivity index (χ1v) is 6.81. The number of aryl methyl sites for hydroxylation is 1. The molecular weight excluding hydrogens is 264 g/mol. The number of pyridine rings is 1. The molecule has 5 heteroatoms. The van der Waals surface area contributed by atoms with E-state index in [1.54, 1.807) is 17.3 Å². The second-order valence-corrected chi connectivity index (χ2v) is 5.33. The van der Waals surface area contributed by atoms with E-state index in [2.05, 4.69) is 9.55 Å². The maximum Gasteiger partial charge on any atom is 0.231 e. The molecule has 104 valence electrons. The minimum Gasteiger partial charge on any atom is -0.327 e. The van der Waals surface area contributed by atoms with Crippen LogP contribution in [-0.4, -0.2) is 27.5 Å². The Labute approximate surface area is 121 Å². The van der Waals surface area contributed by atoms with Gasteiger partial charge in [0.1, 0.15) is 5.82 Å². The number of benzene rings is 1.